The fourth-order valence-electron chi connectivity index (χ4n) is 1.48. The summed E-state index contributed by atoms with van der Waals surface area (Å²) in [5, 5.41) is 2.44. The predicted molar refractivity (Wildman–Crippen MR) is 53.7 cm³/mol. The van der Waals surface area contributed by atoms with Crippen LogP contribution in [0.25, 0.3) is 0 Å². The summed E-state index contributed by atoms with van der Waals surface area (Å²) in [4.78, 5) is 0. The number of alkyl halides is 3. The van der Waals surface area contributed by atoms with E-state index in [1.54, 1.807) is 32.0 Å². The second-order valence-electron chi connectivity index (χ2n) is 3.45. The molecule has 0 saturated heterocycles. The Morgan fingerprint density at radius 3 is 2.47 bits per heavy atom. The molecule has 84 valence electrons. The third-order valence-corrected chi connectivity index (χ3v) is 2.11. The van der Waals surface area contributed by atoms with E-state index in [0.29, 0.717) is 0 Å². The molecular weight excluding hydrogens is 203 g/mol. The molecule has 0 aliphatic rings. The molecule has 0 saturated carbocycles. The summed E-state index contributed by atoms with van der Waals surface area (Å²) in [7, 11) is 0. The number of aryl methyl sites for hydroxylation is 1. The molecule has 0 radical (unpaired) electrons. The van der Waals surface area contributed by atoms with Crippen molar-refractivity contribution < 1.29 is 13.2 Å². The molecular formula is C11H14F3N. The van der Waals surface area contributed by atoms with Crippen LogP contribution in [0.2, 0.25) is 0 Å². The zero-order valence-corrected chi connectivity index (χ0v) is 8.73. The highest BCUT2D eigenvalue weighted by Gasteiger charge is 2.39. The average molecular weight is 217 g/mol. The van der Waals surface area contributed by atoms with Gasteiger partial charge in [-0.05, 0) is 19.0 Å². The number of hydrogen-bond donors (Lipinski definition) is 1. The van der Waals surface area contributed by atoms with Gasteiger partial charge in [-0.3, -0.25) is 0 Å². The molecule has 1 aromatic rings. The van der Waals surface area contributed by atoms with Gasteiger partial charge in [0.05, 0.1) is 0 Å². The predicted octanol–water partition coefficient (Wildman–Crippen LogP) is 3.21. The lowest BCUT2D eigenvalue weighted by atomic mass is 10.0. The Kier molecular flexibility index (Phi) is 3.74. The van der Waals surface area contributed by atoms with Gasteiger partial charge >= 0.3 is 6.18 Å². The van der Waals surface area contributed by atoms with Crippen LogP contribution in [0.4, 0.5) is 13.2 Å². The van der Waals surface area contributed by atoms with Crippen molar-refractivity contribution in [1.29, 1.82) is 0 Å². The molecule has 15 heavy (non-hydrogen) atoms. The molecule has 0 spiro atoms. The molecule has 0 heterocycles. The first kappa shape index (κ1) is 12.0. The summed E-state index contributed by atoms with van der Waals surface area (Å²) in [6, 6.07) is 4.90. The summed E-state index contributed by atoms with van der Waals surface area (Å²) in [6.07, 6.45) is -4.25. The highest BCUT2D eigenvalue weighted by molar-refractivity contribution is 5.26. The largest absolute Gasteiger partial charge is 0.407 e. The van der Waals surface area contributed by atoms with Crippen LogP contribution in [0.3, 0.4) is 0 Å². The SMILES string of the molecule is CCNC(c1cccc(C)c1)C(F)(F)F. The lowest BCUT2D eigenvalue weighted by Crippen LogP contribution is -2.34. The monoisotopic (exact) mass is 217 g/mol. The van der Waals surface area contributed by atoms with Gasteiger partial charge in [0.15, 0.2) is 0 Å². The number of nitrogens with one attached hydrogen (secondary N) is 1. The maximum Gasteiger partial charge on any atom is 0.407 e. The molecule has 0 fully saturated rings. The lowest BCUT2D eigenvalue weighted by molar-refractivity contribution is -0.157. The van der Waals surface area contributed by atoms with Crippen molar-refractivity contribution in [3.63, 3.8) is 0 Å². The van der Waals surface area contributed by atoms with Crippen molar-refractivity contribution in [2.24, 2.45) is 0 Å². The van der Waals surface area contributed by atoms with Gasteiger partial charge in [0, 0.05) is 0 Å². The highest BCUT2D eigenvalue weighted by Crippen LogP contribution is 2.32. The van der Waals surface area contributed by atoms with Gasteiger partial charge in [0.1, 0.15) is 6.04 Å². The first-order valence-corrected chi connectivity index (χ1v) is 4.81. The maximum absolute atomic E-state index is 12.7. The van der Waals surface area contributed by atoms with E-state index in [1.165, 1.54) is 6.07 Å². The Labute approximate surface area is 87.3 Å². The van der Waals surface area contributed by atoms with Crippen molar-refractivity contribution in [3.8, 4) is 0 Å². The van der Waals surface area contributed by atoms with Crippen LogP contribution < -0.4 is 5.32 Å². The zero-order valence-electron chi connectivity index (χ0n) is 8.73. The molecule has 1 N–H and O–H groups in total. The first-order chi connectivity index (χ1) is 6.95. The average Bonchev–Trinajstić information content (AvgIpc) is 2.12. The molecule has 0 aliphatic heterocycles. The van der Waals surface area contributed by atoms with Crippen molar-refractivity contribution in [2.75, 3.05) is 6.54 Å². The molecule has 0 aromatic heterocycles. The van der Waals surface area contributed by atoms with Crippen molar-refractivity contribution in [3.05, 3.63) is 35.4 Å². The van der Waals surface area contributed by atoms with E-state index in [2.05, 4.69) is 5.32 Å². The Hall–Kier alpha value is -1.03. The van der Waals surface area contributed by atoms with Gasteiger partial charge in [0.2, 0.25) is 0 Å². The third-order valence-electron chi connectivity index (χ3n) is 2.11. The fourth-order valence-corrected chi connectivity index (χ4v) is 1.48. The van der Waals surface area contributed by atoms with Crippen LogP contribution in [0.5, 0.6) is 0 Å². The third kappa shape index (κ3) is 3.23. The fraction of sp³-hybridized carbons (Fsp3) is 0.455. The topological polar surface area (TPSA) is 12.0 Å². The van der Waals surface area contributed by atoms with Crippen LogP contribution in [0.15, 0.2) is 24.3 Å². The molecule has 1 unspecified atom stereocenters. The van der Waals surface area contributed by atoms with Gasteiger partial charge in [-0.25, -0.2) is 0 Å². The number of hydrogen-bond acceptors (Lipinski definition) is 1. The van der Waals surface area contributed by atoms with E-state index in [1.807, 2.05) is 0 Å². The highest BCUT2D eigenvalue weighted by atomic mass is 19.4. The Balaban J connectivity index is 2.99. The van der Waals surface area contributed by atoms with Gasteiger partial charge in [-0.1, -0.05) is 36.8 Å². The van der Waals surface area contributed by atoms with Crippen LogP contribution in [-0.4, -0.2) is 12.7 Å². The van der Waals surface area contributed by atoms with Gasteiger partial charge in [0.25, 0.3) is 0 Å². The quantitative estimate of drug-likeness (QED) is 0.819. The minimum absolute atomic E-state index is 0.268. The number of halogens is 3. The van der Waals surface area contributed by atoms with Crippen LogP contribution >= 0.6 is 0 Å². The molecule has 4 heteroatoms. The molecule has 0 bridgehead atoms. The van der Waals surface area contributed by atoms with Crippen LogP contribution in [0.1, 0.15) is 24.1 Å². The minimum atomic E-state index is -4.25. The molecule has 1 aromatic carbocycles. The van der Waals surface area contributed by atoms with Crippen molar-refractivity contribution in [1.82, 2.24) is 5.32 Å². The molecule has 0 aliphatic carbocycles. The summed E-state index contributed by atoms with van der Waals surface area (Å²) in [5.41, 5.74) is 1.10. The number of benzene rings is 1. The van der Waals surface area contributed by atoms with E-state index in [0.717, 1.165) is 5.56 Å². The van der Waals surface area contributed by atoms with Crippen LogP contribution in [-0.2, 0) is 0 Å². The van der Waals surface area contributed by atoms with Gasteiger partial charge in [-0.2, -0.15) is 13.2 Å². The minimum Gasteiger partial charge on any atom is -0.303 e. The second kappa shape index (κ2) is 4.66. The Morgan fingerprint density at radius 1 is 1.33 bits per heavy atom. The summed E-state index contributed by atoms with van der Waals surface area (Å²) in [6.45, 7) is 3.73. The normalized spacial score (nSPS) is 13.9. The van der Waals surface area contributed by atoms with E-state index in [-0.39, 0.29) is 12.1 Å². The van der Waals surface area contributed by atoms with Crippen LogP contribution in [0, 0.1) is 6.92 Å². The maximum atomic E-state index is 12.7. The second-order valence-corrected chi connectivity index (χ2v) is 3.45. The smallest absolute Gasteiger partial charge is 0.303 e. The zero-order chi connectivity index (χ0) is 11.5. The Morgan fingerprint density at radius 2 is 2.00 bits per heavy atom. The number of rotatable bonds is 3. The van der Waals surface area contributed by atoms with E-state index in [9.17, 15) is 13.2 Å². The molecule has 1 atom stereocenters. The van der Waals surface area contributed by atoms with E-state index in [4.69, 9.17) is 0 Å². The van der Waals surface area contributed by atoms with Gasteiger partial charge in [-0.15, -0.1) is 0 Å². The van der Waals surface area contributed by atoms with E-state index >= 15 is 0 Å². The standard InChI is InChI=1S/C11H14F3N/c1-3-15-10(11(12,13)14)9-6-4-5-8(2)7-9/h4-7,10,15H,3H2,1-2H3. The summed E-state index contributed by atoms with van der Waals surface area (Å²) < 4.78 is 38.0. The molecule has 0 amide bonds. The first-order valence-electron chi connectivity index (χ1n) is 4.81. The Bertz CT molecular complexity index is 320. The molecule has 1 nitrogen and oxygen atoms in total. The summed E-state index contributed by atoms with van der Waals surface area (Å²) >= 11 is 0. The van der Waals surface area contributed by atoms with E-state index < -0.39 is 12.2 Å². The van der Waals surface area contributed by atoms with Gasteiger partial charge < -0.3 is 5.32 Å². The van der Waals surface area contributed by atoms with Crippen molar-refractivity contribution in [2.45, 2.75) is 26.1 Å². The molecule has 1 rings (SSSR count). The summed E-state index contributed by atoms with van der Waals surface area (Å²) in [5.74, 6) is 0. The lowest BCUT2D eigenvalue weighted by Gasteiger charge is -2.21. The van der Waals surface area contributed by atoms with Crippen molar-refractivity contribution >= 4 is 0 Å².